The van der Waals surface area contributed by atoms with Gasteiger partial charge in [0, 0.05) is 17.7 Å². The number of carbonyl (C=O) groups excluding carboxylic acids is 1. The van der Waals surface area contributed by atoms with Gasteiger partial charge in [0.2, 0.25) is 0 Å². The monoisotopic (exact) mass is 487 g/mol. The van der Waals surface area contributed by atoms with Gasteiger partial charge in [-0.1, -0.05) is 66.3 Å². The first-order valence-electron chi connectivity index (χ1n) is 12.8. The Morgan fingerprint density at radius 2 is 1.65 bits per heavy atom. The van der Waals surface area contributed by atoms with E-state index >= 15 is 0 Å². The number of phenolic OH excluding ortho intramolecular Hbond substituents is 1. The lowest BCUT2D eigenvalue weighted by Gasteiger charge is -2.44. The first kappa shape index (κ1) is 23.1. The number of amides is 1. The zero-order chi connectivity index (χ0) is 25.4. The number of carbonyl (C=O) groups is 1. The van der Waals surface area contributed by atoms with E-state index in [4.69, 9.17) is 4.74 Å². The van der Waals surface area contributed by atoms with Crippen molar-refractivity contribution in [1.29, 1.82) is 0 Å². The topological polar surface area (TPSA) is 49.8 Å². The zero-order valence-electron chi connectivity index (χ0n) is 20.9. The van der Waals surface area contributed by atoms with E-state index in [1.165, 1.54) is 5.56 Å². The van der Waals surface area contributed by atoms with Crippen molar-refractivity contribution in [1.82, 2.24) is 4.90 Å². The molecule has 0 saturated carbocycles. The van der Waals surface area contributed by atoms with Gasteiger partial charge in [-0.3, -0.25) is 9.69 Å². The van der Waals surface area contributed by atoms with Crippen molar-refractivity contribution in [3.8, 4) is 11.5 Å². The Morgan fingerprint density at radius 3 is 2.35 bits per heavy atom. The fourth-order valence-electron chi connectivity index (χ4n) is 5.75. The molecule has 0 fully saturated rings. The van der Waals surface area contributed by atoms with Crippen molar-refractivity contribution in [3.05, 3.63) is 142 Å². The minimum atomic E-state index is -0.801. The Bertz CT molecular complexity index is 1470. The van der Waals surface area contributed by atoms with Gasteiger partial charge in [0.1, 0.15) is 22.8 Å². The van der Waals surface area contributed by atoms with E-state index in [2.05, 4.69) is 31.2 Å². The summed E-state index contributed by atoms with van der Waals surface area (Å²) < 4.78 is 6.19. The molecule has 2 aliphatic carbocycles. The molecule has 37 heavy (non-hydrogen) atoms. The molecule has 4 nitrogen and oxygen atoms in total. The summed E-state index contributed by atoms with van der Waals surface area (Å²) in [5.74, 6) is 1.94. The van der Waals surface area contributed by atoms with Crippen molar-refractivity contribution in [3.63, 3.8) is 0 Å². The van der Waals surface area contributed by atoms with Crippen LogP contribution in [0.2, 0.25) is 0 Å². The van der Waals surface area contributed by atoms with Gasteiger partial charge >= 0.3 is 0 Å². The molecule has 0 aromatic heterocycles. The fraction of sp³-hybridized carbons (Fsp3) is 0.182. The van der Waals surface area contributed by atoms with E-state index in [0.29, 0.717) is 0 Å². The van der Waals surface area contributed by atoms with Crippen LogP contribution in [0.15, 0.2) is 120 Å². The highest BCUT2D eigenvalue weighted by Gasteiger charge is 2.54. The molecule has 184 valence electrons. The number of aromatic hydroxyl groups is 1. The number of nitrogens with zero attached hydrogens (tertiary/aromatic N) is 1. The largest absolute Gasteiger partial charge is 0.508 e. The first-order valence-corrected chi connectivity index (χ1v) is 12.8. The summed E-state index contributed by atoms with van der Waals surface area (Å²) >= 11 is 0. The molecule has 0 saturated heterocycles. The highest BCUT2D eigenvalue weighted by Crippen LogP contribution is 2.53. The fourth-order valence-corrected chi connectivity index (χ4v) is 5.75. The first-order chi connectivity index (χ1) is 18.1. The summed E-state index contributed by atoms with van der Waals surface area (Å²) in [4.78, 5) is 16.1. The number of aryl methyl sites for hydroxylation is 1. The van der Waals surface area contributed by atoms with Gasteiger partial charge in [0.05, 0.1) is 0 Å². The Morgan fingerprint density at radius 1 is 0.865 bits per heavy atom. The molecule has 1 atom stereocenters. The molecule has 1 aliphatic heterocycles. The van der Waals surface area contributed by atoms with Gasteiger partial charge in [-0.2, -0.15) is 0 Å². The average Bonchev–Trinajstić information content (AvgIpc) is 3.20. The quantitative estimate of drug-likeness (QED) is 0.410. The zero-order valence-corrected chi connectivity index (χ0v) is 20.9. The lowest BCUT2D eigenvalue weighted by molar-refractivity contribution is 0.0737. The molecule has 0 radical (unpaired) electrons. The number of allylic oxidation sites excluding steroid dienone is 7. The van der Waals surface area contributed by atoms with E-state index in [1.54, 1.807) is 12.1 Å². The Balaban J connectivity index is 1.52. The number of ether oxygens (including phenoxy) is 1. The van der Waals surface area contributed by atoms with Crippen LogP contribution in [0.5, 0.6) is 11.5 Å². The predicted octanol–water partition coefficient (Wildman–Crippen LogP) is 7.32. The molecule has 6 rings (SSSR count). The number of hydrogen-bond acceptors (Lipinski definition) is 3. The summed E-state index contributed by atoms with van der Waals surface area (Å²) in [5.41, 5.74) is 5.18. The van der Waals surface area contributed by atoms with E-state index < -0.39 is 5.54 Å². The molecule has 0 spiro atoms. The van der Waals surface area contributed by atoms with E-state index in [1.807, 2.05) is 71.6 Å². The molecule has 3 aromatic rings. The van der Waals surface area contributed by atoms with Gasteiger partial charge in [0.25, 0.3) is 5.91 Å². The third kappa shape index (κ3) is 3.89. The van der Waals surface area contributed by atoms with E-state index in [-0.39, 0.29) is 11.7 Å². The SMILES string of the molecule is Cc1ccc(OC2=CC=C(C3(c4ccc(O)cc4)c4ccccc4C(=O)N3C3=CC=CCC3)CC2)cc1. The molecule has 3 aliphatic rings. The maximum Gasteiger partial charge on any atom is 0.259 e. The van der Waals surface area contributed by atoms with Gasteiger partial charge in [-0.25, -0.2) is 0 Å². The third-order valence-corrected chi connectivity index (χ3v) is 7.50. The summed E-state index contributed by atoms with van der Waals surface area (Å²) in [5, 5.41) is 10.1. The van der Waals surface area contributed by atoms with E-state index in [0.717, 1.165) is 65.2 Å². The van der Waals surface area contributed by atoms with Crippen LogP contribution in [0.25, 0.3) is 0 Å². The van der Waals surface area contributed by atoms with Crippen LogP contribution in [0, 0.1) is 6.92 Å². The second-order valence-corrected chi connectivity index (χ2v) is 9.81. The number of hydrogen-bond donors (Lipinski definition) is 1. The van der Waals surface area contributed by atoms with Crippen LogP contribution in [-0.2, 0) is 5.54 Å². The van der Waals surface area contributed by atoms with Crippen LogP contribution in [0.4, 0.5) is 0 Å². The molecular formula is C33H29NO3. The van der Waals surface area contributed by atoms with Crippen LogP contribution in [0.3, 0.4) is 0 Å². The van der Waals surface area contributed by atoms with Gasteiger partial charge in [0.15, 0.2) is 0 Å². The Hall–Kier alpha value is -4.31. The molecule has 4 heteroatoms. The summed E-state index contributed by atoms with van der Waals surface area (Å²) in [6.07, 6.45) is 13.6. The normalized spacial score (nSPS) is 20.7. The van der Waals surface area contributed by atoms with Crippen molar-refractivity contribution in [2.45, 2.75) is 38.1 Å². The van der Waals surface area contributed by atoms with Crippen LogP contribution in [-0.4, -0.2) is 15.9 Å². The molecular weight excluding hydrogens is 458 g/mol. The summed E-state index contributed by atoms with van der Waals surface area (Å²) in [6, 6.07) is 23.3. The molecule has 1 heterocycles. The lowest BCUT2D eigenvalue weighted by atomic mass is 9.73. The third-order valence-electron chi connectivity index (χ3n) is 7.50. The van der Waals surface area contributed by atoms with Crippen molar-refractivity contribution in [2.24, 2.45) is 0 Å². The molecule has 1 amide bonds. The standard InChI is InChI=1S/C33H29NO3/c1-23-11-19-28(20-12-23)37-29-21-15-25(16-22-29)33(24-13-17-27(35)18-14-24)31-10-6-5-9-30(31)32(36)34(33)26-7-3-2-4-8-26/h2-3,5-7,9-15,17-21,35H,4,8,16,22H2,1H3. The van der Waals surface area contributed by atoms with Gasteiger partial charge in [-0.15, -0.1) is 0 Å². The van der Waals surface area contributed by atoms with Crippen molar-refractivity contribution in [2.75, 3.05) is 0 Å². The highest BCUT2D eigenvalue weighted by molar-refractivity contribution is 6.03. The minimum Gasteiger partial charge on any atom is -0.508 e. The number of fused-ring (bicyclic) bond motifs is 1. The second-order valence-electron chi connectivity index (χ2n) is 9.81. The molecule has 1 unspecified atom stereocenters. The number of benzene rings is 3. The predicted molar refractivity (Wildman–Crippen MR) is 145 cm³/mol. The maximum absolute atomic E-state index is 14.1. The lowest BCUT2D eigenvalue weighted by Crippen LogP contribution is -2.46. The Labute approximate surface area is 217 Å². The molecule has 0 bridgehead atoms. The minimum absolute atomic E-state index is 0.0109. The maximum atomic E-state index is 14.1. The molecule has 3 aromatic carbocycles. The second kappa shape index (κ2) is 9.29. The molecule has 1 N–H and O–H groups in total. The van der Waals surface area contributed by atoms with Gasteiger partial charge < -0.3 is 9.84 Å². The van der Waals surface area contributed by atoms with Gasteiger partial charge in [-0.05, 0) is 85.4 Å². The van der Waals surface area contributed by atoms with E-state index in [9.17, 15) is 9.90 Å². The Kier molecular flexibility index (Phi) is 5.80. The van der Waals surface area contributed by atoms with Crippen molar-refractivity contribution >= 4 is 5.91 Å². The van der Waals surface area contributed by atoms with Crippen molar-refractivity contribution < 1.29 is 14.6 Å². The number of phenols is 1. The van der Waals surface area contributed by atoms with Crippen LogP contribution >= 0.6 is 0 Å². The smallest absolute Gasteiger partial charge is 0.259 e. The van der Waals surface area contributed by atoms with Crippen LogP contribution < -0.4 is 4.74 Å². The number of rotatable bonds is 5. The average molecular weight is 488 g/mol. The summed E-state index contributed by atoms with van der Waals surface area (Å²) in [7, 11) is 0. The summed E-state index contributed by atoms with van der Waals surface area (Å²) in [6.45, 7) is 2.06. The van der Waals surface area contributed by atoms with Crippen LogP contribution in [0.1, 0.15) is 52.7 Å². The highest BCUT2D eigenvalue weighted by atomic mass is 16.5.